The zero-order valence-electron chi connectivity index (χ0n) is 11.2. The molecule has 1 saturated heterocycles. The summed E-state index contributed by atoms with van der Waals surface area (Å²) in [5, 5.41) is 4.02. The minimum atomic E-state index is -0.114. The molecule has 0 aromatic carbocycles. The fourth-order valence-electron chi connectivity index (χ4n) is 2.59. The molecule has 2 aliphatic rings. The Morgan fingerprint density at radius 2 is 2.32 bits per heavy atom. The Kier molecular flexibility index (Phi) is 3.50. The second-order valence-electron chi connectivity index (χ2n) is 5.42. The van der Waals surface area contributed by atoms with Crippen LogP contribution in [-0.2, 0) is 16.1 Å². The van der Waals surface area contributed by atoms with Gasteiger partial charge in [0.1, 0.15) is 0 Å². The number of hydrogen-bond donors (Lipinski definition) is 0. The molecule has 19 heavy (non-hydrogen) atoms. The molecule has 0 unspecified atom stereocenters. The summed E-state index contributed by atoms with van der Waals surface area (Å²) in [5.41, 5.74) is 0. The number of hydrogen-bond acceptors (Lipinski definition) is 6. The number of nitrogens with zero attached hydrogens (tertiary/aromatic N) is 3. The average molecular weight is 265 g/mol. The van der Waals surface area contributed by atoms with Crippen LogP contribution in [0.3, 0.4) is 0 Å². The zero-order chi connectivity index (χ0) is 13.2. The number of aromatic nitrogens is 2. The molecule has 1 aromatic rings. The lowest BCUT2D eigenvalue weighted by molar-refractivity contribution is -0.147. The van der Waals surface area contributed by atoms with Gasteiger partial charge in [-0.05, 0) is 32.2 Å². The molecule has 2 fully saturated rings. The van der Waals surface area contributed by atoms with Crippen LogP contribution in [0.25, 0.3) is 0 Å². The highest BCUT2D eigenvalue weighted by Crippen LogP contribution is 2.38. The summed E-state index contributed by atoms with van der Waals surface area (Å²) in [5.74, 6) is 1.86. The number of esters is 1. The molecule has 2 heterocycles. The first-order valence-corrected chi connectivity index (χ1v) is 6.89. The molecule has 1 aromatic heterocycles. The van der Waals surface area contributed by atoms with E-state index in [4.69, 9.17) is 9.26 Å². The number of methoxy groups -OCH3 is 1. The van der Waals surface area contributed by atoms with E-state index in [2.05, 4.69) is 15.0 Å². The first-order valence-electron chi connectivity index (χ1n) is 6.89. The van der Waals surface area contributed by atoms with Gasteiger partial charge >= 0.3 is 5.97 Å². The van der Waals surface area contributed by atoms with Gasteiger partial charge in [-0.1, -0.05) is 5.16 Å². The van der Waals surface area contributed by atoms with E-state index in [1.54, 1.807) is 0 Å². The monoisotopic (exact) mass is 265 g/mol. The molecule has 104 valence electrons. The summed E-state index contributed by atoms with van der Waals surface area (Å²) in [6.45, 7) is 2.35. The highest BCUT2D eigenvalue weighted by Gasteiger charge is 2.31. The number of likely N-dealkylation sites (tertiary alicyclic amines) is 1. The minimum absolute atomic E-state index is 0.0199. The molecule has 1 saturated carbocycles. The van der Waals surface area contributed by atoms with Crippen LogP contribution in [0, 0.1) is 5.92 Å². The molecule has 0 amide bonds. The van der Waals surface area contributed by atoms with Gasteiger partial charge in [0.15, 0.2) is 5.82 Å². The summed E-state index contributed by atoms with van der Waals surface area (Å²) >= 11 is 0. The van der Waals surface area contributed by atoms with Crippen molar-refractivity contribution in [3.8, 4) is 0 Å². The molecule has 0 N–H and O–H groups in total. The molecule has 1 aliphatic carbocycles. The van der Waals surface area contributed by atoms with Crippen LogP contribution in [0.5, 0.6) is 0 Å². The van der Waals surface area contributed by atoms with E-state index in [-0.39, 0.29) is 11.9 Å². The van der Waals surface area contributed by atoms with Crippen molar-refractivity contribution in [1.82, 2.24) is 15.0 Å². The maximum Gasteiger partial charge on any atom is 0.309 e. The summed E-state index contributed by atoms with van der Waals surface area (Å²) in [4.78, 5) is 18.2. The van der Waals surface area contributed by atoms with Crippen molar-refractivity contribution in [2.75, 3.05) is 20.2 Å². The van der Waals surface area contributed by atoms with Crippen molar-refractivity contribution in [2.45, 2.75) is 38.1 Å². The summed E-state index contributed by atoms with van der Waals surface area (Å²) < 4.78 is 10.1. The Morgan fingerprint density at radius 3 is 3.05 bits per heavy atom. The first kappa shape index (κ1) is 12.6. The van der Waals surface area contributed by atoms with Gasteiger partial charge in [0, 0.05) is 12.5 Å². The van der Waals surface area contributed by atoms with E-state index in [0.717, 1.165) is 50.5 Å². The fraction of sp³-hybridized carbons (Fsp3) is 0.769. The normalized spacial score (nSPS) is 24.4. The Balaban J connectivity index is 1.57. The summed E-state index contributed by atoms with van der Waals surface area (Å²) in [6.07, 6.45) is 4.24. The van der Waals surface area contributed by atoms with Gasteiger partial charge in [-0.3, -0.25) is 9.69 Å². The molecular formula is C13H19N3O3. The van der Waals surface area contributed by atoms with Gasteiger partial charge in [0.05, 0.1) is 19.6 Å². The van der Waals surface area contributed by atoms with Gasteiger partial charge in [0.2, 0.25) is 5.89 Å². The summed E-state index contributed by atoms with van der Waals surface area (Å²) in [6, 6.07) is 0. The highest BCUT2D eigenvalue weighted by molar-refractivity contribution is 5.72. The number of rotatable bonds is 4. The smallest absolute Gasteiger partial charge is 0.309 e. The van der Waals surface area contributed by atoms with Crippen LogP contribution in [0.4, 0.5) is 0 Å². The molecule has 6 heteroatoms. The number of ether oxygens (including phenoxy) is 1. The highest BCUT2D eigenvalue weighted by atomic mass is 16.5. The van der Waals surface area contributed by atoms with Crippen LogP contribution in [-0.4, -0.2) is 41.2 Å². The largest absolute Gasteiger partial charge is 0.469 e. The van der Waals surface area contributed by atoms with Crippen molar-refractivity contribution in [3.05, 3.63) is 11.7 Å². The van der Waals surface area contributed by atoms with Crippen molar-refractivity contribution in [3.63, 3.8) is 0 Å². The lowest BCUT2D eigenvalue weighted by Gasteiger charge is -2.30. The van der Waals surface area contributed by atoms with Crippen LogP contribution in [0.2, 0.25) is 0 Å². The molecular weight excluding hydrogens is 246 g/mol. The standard InChI is InChI=1S/C13H19N3O3/c1-18-13(17)10-3-2-6-16(7-10)8-11-14-12(19-15-11)9-4-5-9/h9-10H,2-8H2,1H3/t10-/m0/s1. The third-order valence-electron chi connectivity index (χ3n) is 3.82. The van der Waals surface area contributed by atoms with Gasteiger partial charge in [0.25, 0.3) is 0 Å². The Morgan fingerprint density at radius 1 is 1.47 bits per heavy atom. The SMILES string of the molecule is COC(=O)[C@H]1CCCN(Cc2noc(C3CC3)n2)C1. The van der Waals surface area contributed by atoms with Crippen LogP contribution in [0.1, 0.15) is 43.3 Å². The van der Waals surface area contributed by atoms with E-state index in [9.17, 15) is 4.79 Å². The quantitative estimate of drug-likeness (QED) is 0.765. The van der Waals surface area contributed by atoms with E-state index in [1.807, 2.05) is 0 Å². The van der Waals surface area contributed by atoms with E-state index in [0.29, 0.717) is 12.5 Å². The second kappa shape index (κ2) is 5.28. The van der Waals surface area contributed by atoms with Crippen molar-refractivity contribution in [2.24, 2.45) is 5.92 Å². The lowest BCUT2D eigenvalue weighted by atomic mass is 9.98. The third kappa shape index (κ3) is 2.94. The van der Waals surface area contributed by atoms with Gasteiger partial charge < -0.3 is 9.26 Å². The molecule has 1 aliphatic heterocycles. The second-order valence-corrected chi connectivity index (χ2v) is 5.42. The van der Waals surface area contributed by atoms with Crippen LogP contribution < -0.4 is 0 Å². The molecule has 0 radical (unpaired) electrons. The molecule has 0 bridgehead atoms. The van der Waals surface area contributed by atoms with Gasteiger partial charge in [-0.15, -0.1) is 0 Å². The Bertz CT molecular complexity index is 456. The van der Waals surface area contributed by atoms with Crippen LogP contribution in [0.15, 0.2) is 4.52 Å². The topological polar surface area (TPSA) is 68.5 Å². The van der Waals surface area contributed by atoms with Gasteiger partial charge in [-0.25, -0.2) is 0 Å². The first-order chi connectivity index (χ1) is 9.26. The zero-order valence-corrected chi connectivity index (χ0v) is 11.2. The molecule has 0 spiro atoms. The minimum Gasteiger partial charge on any atom is -0.469 e. The predicted molar refractivity (Wildman–Crippen MR) is 66.3 cm³/mol. The fourth-order valence-corrected chi connectivity index (χ4v) is 2.59. The predicted octanol–water partition coefficient (Wildman–Crippen LogP) is 1.33. The van der Waals surface area contributed by atoms with Crippen molar-refractivity contribution >= 4 is 5.97 Å². The third-order valence-corrected chi connectivity index (χ3v) is 3.82. The maximum absolute atomic E-state index is 11.6. The van der Waals surface area contributed by atoms with Gasteiger partial charge in [-0.2, -0.15) is 4.98 Å². The lowest BCUT2D eigenvalue weighted by Crippen LogP contribution is -2.38. The van der Waals surface area contributed by atoms with E-state index < -0.39 is 0 Å². The molecule has 1 atom stereocenters. The maximum atomic E-state index is 11.6. The molecule has 6 nitrogen and oxygen atoms in total. The number of piperidine rings is 1. The number of carbonyl (C=O) groups excluding carboxylic acids is 1. The van der Waals surface area contributed by atoms with E-state index >= 15 is 0 Å². The van der Waals surface area contributed by atoms with E-state index in [1.165, 1.54) is 7.11 Å². The summed E-state index contributed by atoms with van der Waals surface area (Å²) in [7, 11) is 1.45. The number of carbonyl (C=O) groups is 1. The average Bonchev–Trinajstić information content (AvgIpc) is 3.19. The molecule has 3 rings (SSSR count). The van der Waals surface area contributed by atoms with Crippen molar-refractivity contribution < 1.29 is 14.1 Å². The van der Waals surface area contributed by atoms with Crippen LogP contribution >= 0.6 is 0 Å². The Labute approximate surface area is 112 Å². The van der Waals surface area contributed by atoms with Crippen molar-refractivity contribution in [1.29, 1.82) is 0 Å². The Hall–Kier alpha value is -1.43.